The van der Waals surface area contributed by atoms with Crippen molar-refractivity contribution in [1.82, 2.24) is 0 Å². The van der Waals surface area contributed by atoms with Gasteiger partial charge in [0, 0.05) is 0 Å². The predicted molar refractivity (Wildman–Crippen MR) is 73.8 cm³/mol. The first kappa shape index (κ1) is 13.8. The van der Waals surface area contributed by atoms with Crippen molar-refractivity contribution in [3.63, 3.8) is 0 Å². The van der Waals surface area contributed by atoms with E-state index in [1.807, 2.05) is 69.3 Å². The molecule has 2 nitrogen and oxygen atoms in total. The van der Waals surface area contributed by atoms with E-state index in [1.54, 1.807) is 0 Å². The molecule has 0 aliphatic heterocycles. The lowest BCUT2D eigenvalue weighted by molar-refractivity contribution is 0.481. The molecular formula is C16H17NO. The Kier molecular flexibility index (Phi) is 5.47. The maximum atomic E-state index is 8.99. The molecule has 0 unspecified atom stereocenters. The predicted octanol–water partition coefficient (Wildman–Crippen LogP) is 4.69. The Morgan fingerprint density at radius 3 is 2.28 bits per heavy atom. The smallest absolute Gasteiger partial charge is 0.145 e. The molecule has 0 N–H and O–H groups in total. The van der Waals surface area contributed by atoms with Gasteiger partial charge in [0.25, 0.3) is 0 Å². The topological polar surface area (TPSA) is 33.0 Å². The summed E-state index contributed by atoms with van der Waals surface area (Å²) in [6, 6.07) is 17.1. The van der Waals surface area contributed by atoms with Crippen molar-refractivity contribution in [1.29, 1.82) is 5.26 Å². The fourth-order valence-corrected chi connectivity index (χ4v) is 1.44. The second-order valence-corrected chi connectivity index (χ2v) is 3.53. The van der Waals surface area contributed by atoms with Gasteiger partial charge in [-0.15, -0.1) is 0 Å². The second kappa shape index (κ2) is 7.13. The van der Waals surface area contributed by atoms with Crippen molar-refractivity contribution in [2.75, 3.05) is 0 Å². The van der Waals surface area contributed by atoms with Crippen LogP contribution in [-0.4, -0.2) is 0 Å². The first-order valence-corrected chi connectivity index (χ1v) is 6.03. The van der Waals surface area contributed by atoms with Crippen LogP contribution in [0.4, 0.5) is 0 Å². The SMILES string of the molecule is CC.Cc1ccc(Oc2ccccc2)c(C#N)c1. The third kappa shape index (κ3) is 3.64. The molecule has 2 aromatic rings. The Hall–Kier alpha value is -2.27. The average Bonchev–Trinajstić information content (AvgIpc) is 2.44. The van der Waals surface area contributed by atoms with Gasteiger partial charge in [-0.05, 0) is 36.8 Å². The molecular weight excluding hydrogens is 222 g/mol. The Morgan fingerprint density at radius 1 is 1.00 bits per heavy atom. The van der Waals surface area contributed by atoms with E-state index in [1.165, 1.54) is 0 Å². The zero-order valence-corrected chi connectivity index (χ0v) is 11.0. The summed E-state index contributed by atoms with van der Waals surface area (Å²) in [6.07, 6.45) is 0. The third-order valence-electron chi connectivity index (χ3n) is 2.23. The van der Waals surface area contributed by atoms with Crippen LogP contribution in [0.15, 0.2) is 48.5 Å². The molecule has 0 bridgehead atoms. The van der Waals surface area contributed by atoms with Crippen LogP contribution in [-0.2, 0) is 0 Å². The van der Waals surface area contributed by atoms with Crippen LogP contribution in [0.1, 0.15) is 25.0 Å². The standard InChI is InChI=1S/C14H11NO.C2H6/c1-11-7-8-14(12(9-11)10-15)16-13-5-3-2-4-6-13;1-2/h2-9H,1H3;1-2H3. The van der Waals surface area contributed by atoms with Crippen LogP contribution in [0, 0.1) is 18.3 Å². The van der Waals surface area contributed by atoms with Gasteiger partial charge in [0.05, 0.1) is 5.56 Å². The highest BCUT2D eigenvalue weighted by atomic mass is 16.5. The molecule has 0 saturated heterocycles. The number of nitriles is 1. The monoisotopic (exact) mass is 239 g/mol. The molecule has 0 aliphatic rings. The summed E-state index contributed by atoms with van der Waals surface area (Å²) < 4.78 is 5.63. The third-order valence-corrected chi connectivity index (χ3v) is 2.23. The lowest BCUT2D eigenvalue weighted by Crippen LogP contribution is -1.88. The highest BCUT2D eigenvalue weighted by Crippen LogP contribution is 2.25. The summed E-state index contributed by atoms with van der Waals surface area (Å²) in [4.78, 5) is 0. The van der Waals surface area contributed by atoms with Crippen LogP contribution in [0.2, 0.25) is 0 Å². The minimum Gasteiger partial charge on any atom is -0.456 e. The molecule has 92 valence electrons. The summed E-state index contributed by atoms with van der Waals surface area (Å²) in [5.74, 6) is 1.34. The van der Waals surface area contributed by atoms with Crippen LogP contribution in [0.3, 0.4) is 0 Å². The highest BCUT2D eigenvalue weighted by molar-refractivity contribution is 5.47. The van der Waals surface area contributed by atoms with Crippen LogP contribution in [0.25, 0.3) is 0 Å². The van der Waals surface area contributed by atoms with E-state index >= 15 is 0 Å². The van der Waals surface area contributed by atoms with E-state index in [2.05, 4.69) is 6.07 Å². The quantitative estimate of drug-likeness (QED) is 0.762. The lowest BCUT2D eigenvalue weighted by Gasteiger charge is -2.07. The number of aryl methyl sites for hydroxylation is 1. The number of hydrogen-bond acceptors (Lipinski definition) is 2. The molecule has 0 spiro atoms. The summed E-state index contributed by atoms with van der Waals surface area (Å²) in [7, 11) is 0. The van der Waals surface area contributed by atoms with Crippen molar-refractivity contribution >= 4 is 0 Å². The summed E-state index contributed by atoms with van der Waals surface area (Å²) in [6.45, 7) is 5.95. The highest BCUT2D eigenvalue weighted by Gasteiger charge is 2.04. The second-order valence-electron chi connectivity index (χ2n) is 3.53. The van der Waals surface area contributed by atoms with E-state index < -0.39 is 0 Å². The zero-order chi connectivity index (χ0) is 13.4. The number of hydrogen-bond donors (Lipinski definition) is 0. The van der Waals surface area contributed by atoms with Gasteiger partial charge in [0.1, 0.15) is 17.6 Å². The molecule has 2 aromatic carbocycles. The van der Waals surface area contributed by atoms with Crippen molar-refractivity contribution < 1.29 is 4.74 Å². The summed E-state index contributed by atoms with van der Waals surface area (Å²) >= 11 is 0. The van der Waals surface area contributed by atoms with Crippen LogP contribution in [0.5, 0.6) is 11.5 Å². The molecule has 18 heavy (non-hydrogen) atoms. The molecule has 0 fully saturated rings. The van der Waals surface area contributed by atoms with Gasteiger partial charge >= 0.3 is 0 Å². The van der Waals surface area contributed by atoms with Crippen molar-refractivity contribution in [3.05, 3.63) is 59.7 Å². The molecule has 0 radical (unpaired) electrons. The molecule has 0 atom stereocenters. The molecule has 0 saturated carbocycles. The fraction of sp³-hybridized carbons (Fsp3) is 0.188. The first-order chi connectivity index (χ1) is 8.79. The summed E-state index contributed by atoms with van der Waals surface area (Å²) in [5.41, 5.74) is 1.61. The molecule has 0 heterocycles. The number of para-hydroxylation sites is 1. The van der Waals surface area contributed by atoms with Crippen molar-refractivity contribution in [2.45, 2.75) is 20.8 Å². The van der Waals surface area contributed by atoms with Crippen LogP contribution >= 0.6 is 0 Å². The number of rotatable bonds is 2. The van der Waals surface area contributed by atoms with Gasteiger partial charge in [-0.1, -0.05) is 38.1 Å². The minimum atomic E-state index is 0.559. The van der Waals surface area contributed by atoms with Gasteiger partial charge in [-0.3, -0.25) is 0 Å². The van der Waals surface area contributed by atoms with Gasteiger partial charge in [-0.2, -0.15) is 5.26 Å². The minimum absolute atomic E-state index is 0.559. The van der Waals surface area contributed by atoms with Gasteiger partial charge in [-0.25, -0.2) is 0 Å². The Balaban J connectivity index is 0.000000771. The van der Waals surface area contributed by atoms with E-state index in [0.717, 1.165) is 11.3 Å². The Bertz CT molecular complexity index is 527. The molecule has 0 aliphatic carbocycles. The van der Waals surface area contributed by atoms with Gasteiger partial charge in [0.2, 0.25) is 0 Å². The van der Waals surface area contributed by atoms with Crippen molar-refractivity contribution in [2.24, 2.45) is 0 Å². The largest absolute Gasteiger partial charge is 0.456 e. The van der Waals surface area contributed by atoms with E-state index in [0.29, 0.717) is 11.3 Å². The van der Waals surface area contributed by atoms with Crippen LogP contribution < -0.4 is 4.74 Å². The maximum absolute atomic E-state index is 8.99. The van der Waals surface area contributed by atoms with Gasteiger partial charge < -0.3 is 4.74 Å². The fourth-order valence-electron chi connectivity index (χ4n) is 1.44. The van der Waals surface area contributed by atoms with Gasteiger partial charge in [0.15, 0.2) is 0 Å². The first-order valence-electron chi connectivity index (χ1n) is 6.03. The molecule has 2 heteroatoms. The molecule has 2 rings (SSSR count). The van der Waals surface area contributed by atoms with E-state index in [9.17, 15) is 0 Å². The Morgan fingerprint density at radius 2 is 1.67 bits per heavy atom. The molecule has 0 amide bonds. The van der Waals surface area contributed by atoms with Crippen molar-refractivity contribution in [3.8, 4) is 17.6 Å². The normalized spacial score (nSPS) is 8.78. The zero-order valence-electron chi connectivity index (χ0n) is 11.0. The molecule has 0 aromatic heterocycles. The Labute approximate surface area is 108 Å². The number of benzene rings is 2. The average molecular weight is 239 g/mol. The number of nitrogens with zero attached hydrogens (tertiary/aromatic N) is 1. The lowest BCUT2D eigenvalue weighted by atomic mass is 10.1. The van der Waals surface area contributed by atoms with E-state index in [-0.39, 0.29) is 0 Å². The number of ether oxygens (including phenoxy) is 1. The van der Waals surface area contributed by atoms with E-state index in [4.69, 9.17) is 10.00 Å². The summed E-state index contributed by atoms with van der Waals surface area (Å²) in [5, 5.41) is 8.99. The maximum Gasteiger partial charge on any atom is 0.145 e.